The molecule has 0 aromatic carbocycles. The zero-order chi connectivity index (χ0) is 10.3. The maximum absolute atomic E-state index is 5.89. The molecule has 0 amide bonds. The fraction of sp³-hybridized carbons (Fsp3) is 1.00. The summed E-state index contributed by atoms with van der Waals surface area (Å²) in [7, 11) is 2.38. The Morgan fingerprint density at radius 2 is 1.14 bits per heavy atom. The van der Waals surface area contributed by atoms with E-state index in [1.165, 1.54) is 64.2 Å². The lowest BCUT2D eigenvalue weighted by atomic mass is 9.63. The first-order valence-electron chi connectivity index (χ1n) is 6.47. The number of hydrogen-bond donors (Lipinski definition) is 1. The van der Waals surface area contributed by atoms with Crippen LogP contribution in [-0.4, -0.2) is 14.4 Å². The molecule has 0 radical (unpaired) electrons. The van der Waals surface area contributed by atoms with Gasteiger partial charge >= 0.3 is 0 Å². The quantitative estimate of drug-likeness (QED) is 0.639. The zero-order valence-electron chi connectivity index (χ0n) is 9.86. The largest absolute Gasteiger partial charge is 0.331 e. The highest BCUT2D eigenvalue weighted by atomic mass is 14.6. The van der Waals surface area contributed by atoms with Crippen molar-refractivity contribution in [2.24, 2.45) is 5.73 Å². The van der Waals surface area contributed by atoms with Crippen molar-refractivity contribution < 1.29 is 0 Å². The highest BCUT2D eigenvalue weighted by Gasteiger charge is 2.21. The van der Waals surface area contributed by atoms with Crippen LogP contribution in [-0.2, 0) is 0 Å². The van der Waals surface area contributed by atoms with Crippen molar-refractivity contribution in [1.82, 2.24) is 0 Å². The average Bonchev–Trinajstić information content (AvgIpc) is 2.24. The van der Waals surface area contributed by atoms with Gasteiger partial charge in [-0.1, -0.05) is 64.2 Å². The Hall–Kier alpha value is 0.0249. The second kappa shape index (κ2) is 6.50. The lowest BCUT2D eigenvalue weighted by Crippen LogP contribution is -2.24. The van der Waals surface area contributed by atoms with E-state index in [0.717, 1.165) is 6.54 Å². The molecule has 0 heterocycles. The Kier molecular flexibility index (Phi) is 5.61. The van der Waals surface area contributed by atoms with Crippen molar-refractivity contribution in [1.29, 1.82) is 0 Å². The van der Waals surface area contributed by atoms with Crippen LogP contribution in [0.3, 0.4) is 0 Å². The Bertz CT molecular complexity index is 135. The van der Waals surface area contributed by atoms with Gasteiger partial charge in [0.15, 0.2) is 0 Å². The molecule has 1 nitrogen and oxygen atoms in total. The zero-order valence-corrected chi connectivity index (χ0v) is 9.86. The van der Waals surface area contributed by atoms with Crippen LogP contribution in [0.15, 0.2) is 0 Å². The average molecular weight is 195 g/mol. The molecule has 82 valence electrons. The van der Waals surface area contributed by atoms with E-state index in [2.05, 4.69) is 7.85 Å². The van der Waals surface area contributed by atoms with E-state index < -0.39 is 0 Å². The van der Waals surface area contributed by atoms with Gasteiger partial charge in [0.2, 0.25) is 0 Å². The molecule has 0 saturated heterocycles. The fourth-order valence-electron chi connectivity index (χ4n) is 2.49. The summed E-state index contributed by atoms with van der Waals surface area (Å²) in [5, 5.41) is 0.449. The normalized spacial score (nSPS) is 25.2. The first-order valence-corrected chi connectivity index (χ1v) is 6.47. The minimum absolute atomic E-state index is 0.449. The van der Waals surface area contributed by atoms with Crippen molar-refractivity contribution in [3.05, 3.63) is 0 Å². The first-order chi connectivity index (χ1) is 6.77. The summed E-state index contributed by atoms with van der Waals surface area (Å²) in [6.07, 6.45) is 14.2. The minimum atomic E-state index is 0.449. The van der Waals surface area contributed by atoms with Crippen LogP contribution < -0.4 is 5.73 Å². The monoisotopic (exact) mass is 195 g/mol. The Labute approximate surface area is 90.2 Å². The predicted octanol–water partition coefficient (Wildman–Crippen LogP) is 2.65. The number of nitrogens with two attached hydrogens (primary N) is 1. The lowest BCUT2D eigenvalue weighted by Gasteiger charge is -2.28. The van der Waals surface area contributed by atoms with Gasteiger partial charge in [-0.3, -0.25) is 0 Å². The van der Waals surface area contributed by atoms with E-state index in [0.29, 0.717) is 5.31 Å². The predicted molar refractivity (Wildman–Crippen MR) is 66.5 cm³/mol. The van der Waals surface area contributed by atoms with Gasteiger partial charge < -0.3 is 5.73 Å². The van der Waals surface area contributed by atoms with Crippen molar-refractivity contribution in [3.8, 4) is 0 Å². The summed E-state index contributed by atoms with van der Waals surface area (Å²) in [5.41, 5.74) is 5.89. The van der Waals surface area contributed by atoms with E-state index in [1.54, 1.807) is 0 Å². The second-order valence-corrected chi connectivity index (χ2v) is 5.34. The van der Waals surface area contributed by atoms with Crippen LogP contribution in [0, 0.1) is 0 Å². The Balaban J connectivity index is 2.35. The van der Waals surface area contributed by atoms with Crippen molar-refractivity contribution in [3.63, 3.8) is 0 Å². The molecule has 2 N–H and O–H groups in total. The molecule has 0 spiro atoms. The summed E-state index contributed by atoms with van der Waals surface area (Å²) in [4.78, 5) is 0. The highest BCUT2D eigenvalue weighted by molar-refractivity contribution is 6.15. The first kappa shape index (κ1) is 12.1. The van der Waals surface area contributed by atoms with Crippen LogP contribution in [0.4, 0.5) is 0 Å². The van der Waals surface area contributed by atoms with E-state index >= 15 is 0 Å². The SMILES string of the molecule is BC1(CN)CCCCCCCCCC1. The number of rotatable bonds is 1. The van der Waals surface area contributed by atoms with Crippen LogP contribution >= 0.6 is 0 Å². The molecule has 0 aromatic heterocycles. The summed E-state index contributed by atoms with van der Waals surface area (Å²) in [6.45, 7) is 0.882. The molecular formula is C12H26BN. The Morgan fingerprint density at radius 3 is 1.50 bits per heavy atom. The standard InChI is InChI=1S/C12H26BN/c13-12(11-14)9-7-5-3-1-2-4-6-8-10-12/h1-11,13-14H2. The van der Waals surface area contributed by atoms with Crippen LogP contribution in [0.5, 0.6) is 0 Å². The molecule has 0 aromatic rings. The van der Waals surface area contributed by atoms with Gasteiger partial charge in [0.25, 0.3) is 0 Å². The highest BCUT2D eigenvalue weighted by Crippen LogP contribution is 2.34. The Morgan fingerprint density at radius 1 is 0.786 bits per heavy atom. The number of hydrogen-bond acceptors (Lipinski definition) is 1. The van der Waals surface area contributed by atoms with Gasteiger partial charge in [0.1, 0.15) is 7.85 Å². The maximum atomic E-state index is 5.89. The topological polar surface area (TPSA) is 26.0 Å². The van der Waals surface area contributed by atoms with Crippen molar-refractivity contribution in [2.45, 2.75) is 69.5 Å². The van der Waals surface area contributed by atoms with Crippen molar-refractivity contribution >= 4 is 7.85 Å². The third kappa shape index (κ3) is 4.50. The van der Waals surface area contributed by atoms with E-state index in [4.69, 9.17) is 5.73 Å². The summed E-state index contributed by atoms with van der Waals surface area (Å²) in [5.74, 6) is 0. The van der Waals surface area contributed by atoms with E-state index in [-0.39, 0.29) is 0 Å². The molecular weight excluding hydrogens is 169 g/mol. The summed E-state index contributed by atoms with van der Waals surface area (Å²) < 4.78 is 0. The smallest absolute Gasteiger partial charge is 0.111 e. The molecule has 0 unspecified atom stereocenters. The van der Waals surface area contributed by atoms with Gasteiger partial charge in [-0.2, -0.15) is 0 Å². The molecule has 1 saturated carbocycles. The molecule has 0 aliphatic heterocycles. The maximum Gasteiger partial charge on any atom is 0.111 e. The lowest BCUT2D eigenvalue weighted by molar-refractivity contribution is 0.444. The summed E-state index contributed by atoms with van der Waals surface area (Å²) in [6, 6.07) is 0. The second-order valence-electron chi connectivity index (χ2n) is 5.34. The molecule has 14 heavy (non-hydrogen) atoms. The van der Waals surface area contributed by atoms with Crippen LogP contribution in [0.2, 0.25) is 5.31 Å². The van der Waals surface area contributed by atoms with E-state index in [1.807, 2.05) is 0 Å². The van der Waals surface area contributed by atoms with Gasteiger partial charge in [0.05, 0.1) is 0 Å². The van der Waals surface area contributed by atoms with Crippen LogP contribution in [0.1, 0.15) is 64.2 Å². The molecule has 1 aliphatic rings. The molecule has 1 fully saturated rings. The molecule has 1 rings (SSSR count). The van der Waals surface area contributed by atoms with Gasteiger partial charge in [0, 0.05) is 0 Å². The van der Waals surface area contributed by atoms with Crippen molar-refractivity contribution in [2.75, 3.05) is 6.54 Å². The van der Waals surface area contributed by atoms with Gasteiger partial charge in [-0.25, -0.2) is 0 Å². The van der Waals surface area contributed by atoms with Gasteiger partial charge in [-0.05, 0) is 11.9 Å². The van der Waals surface area contributed by atoms with Gasteiger partial charge in [-0.15, -0.1) is 0 Å². The third-order valence-corrected chi connectivity index (χ3v) is 3.80. The minimum Gasteiger partial charge on any atom is -0.331 e. The molecule has 0 atom stereocenters. The summed E-state index contributed by atoms with van der Waals surface area (Å²) >= 11 is 0. The van der Waals surface area contributed by atoms with E-state index in [9.17, 15) is 0 Å². The molecule has 2 heteroatoms. The fourth-order valence-corrected chi connectivity index (χ4v) is 2.49. The third-order valence-electron chi connectivity index (χ3n) is 3.80. The molecule has 1 aliphatic carbocycles. The van der Waals surface area contributed by atoms with Crippen LogP contribution in [0.25, 0.3) is 0 Å². The molecule has 0 bridgehead atoms.